The third-order valence-electron chi connectivity index (χ3n) is 2.95. The largest absolute Gasteiger partial charge is 0.395 e. The highest BCUT2D eigenvalue weighted by atomic mass is 16.3. The van der Waals surface area contributed by atoms with Gasteiger partial charge >= 0.3 is 0 Å². The van der Waals surface area contributed by atoms with E-state index >= 15 is 0 Å². The highest BCUT2D eigenvalue weighted by Crippen LogP contribution is 2.06. The van der Waals surface area contributed by atoms with Crippen LogP contribution in [0.25, 0.3) is 0 Å². The van der Waals surface area contributed by atoms with Gasteiger partial charge in [-0.1, -0.05) is 30.3 Å². The minimum absolute atomic E-state index is 0.141. The Kier molecular flexibility index (Phi) is 4.56. The first-order chi connectivity index (χ1) is 8.78. The summed E-state index contributed by atoms with van der Waals surface area (Å²) in [5, 5.41) is 12.2. The number of benzene rings is 1. The summed E-state index contributed by atoms with van der Waals surface area (Å²) in [6, 6.07) is 12.7. The summed E-state index contributed by atoms with van der Waals surface area (Å²) in [7, 11) is 0. The Bertz CT molecular complexity index is 464. The Labute approximate surface area is 108 Å². The third-order valence-corrected chi connectivity index (χ3v) is 2.95. The van der Waals surface area contributed by atoms with E-state index in [1.54, 1.807) is 0 Å². The molecule has 0 radical (unpaired) electrons. The molecule has 3 heteroatoms. The predicted molar refractivity (Wildman–Crippen MR) is 73.4 cm³/mol. The monoisotopic (exact) mass is 244 g/mol. The molecule has 2 rings (SSSR count). The standard InChI is InChI=1S/C15H20N2O/c1-13(12-18)16-9-15-7-8-17(11-15)10-14-5-3-2-4-6-14/h2-8,11,13,16,18H,9-10,12H2,1H3/t13-/m1/s1. The van der Waals surface area contributed by atoms with Crippen molar-refractivity contribution in [3.8, 4) is 0 Å². The zero-order chi connectivity index (χ0) is 12.8. The first-order valence-corrected chi connectivity index (χ1v) is 6.31. The molecular formula is C15H20N2O. The van der Waals surface area contributed by atoms with Crippen LogP contribution in [0.15, 0.2) is 48.8 Å². The van der Waals surface area contributed by atoms with Gasteiger partial charge in [-0.3, -0.25) is 0 Å². The molecule has 1 heterocycles. The Balaban J connectivity index is 1.90. The second-order valence-corrected chi connectivity index (χ2v) is 4.64. The van der Waals surface area contributed by atoms with Crippen molar-refractivity contribution in [2.45, 2.75) is 26.1 Å². The summed E-state index contributed by atoms with van der Waals surface area (Å²) in [6.45, 7) is 3.84. The Hall–Kier alpha value is -1.58. The number of nitrogens with one attached hydrogen (secondary N) is 1. The van der Waals surface area contributed by atoms with Crippen LogP contribution in [0.4, 0.5) is 0 Å². The molecule has 0 spiro atoms. The molecule has 1 aromatic heterocycles. The second kappa shape index (κ2) is 6.38. The van der Waals surface area contributed by atoms with Gasteiger partial charge in [0.25, 0.3) is 0 Å². The van der Waals surface area contributed by atoms with Gasteiger partial charge in [-0.15, -0.1) is 0 Å². The van der Waals surface area contributed by atoms with E-state index in [4.69, 9.17) is 5.11 Å². The molecule has 96 valence electrons. The topological polar surface area (TPSA) is 37.2 Å². The molecule has 3 nitrogen and oxygen atoms in total. The molecule has 2 N–H and O–H groups in total. The molecule has 0 aliphatic carbocycles. The molecule has 18 heavy (non-hydrogen) atoms. The van der Waals surface area contributed by atoms with Gasteiger partial charge in [0.05, 0.1) is 6.61 Å². The van der Waals surface area contributed by atoms with Gasteiger partial charge in [0.15, 0.2) is 0 Å². The predicted octanol–water partition coefficient (Wildman–Crippen LogP) is 2.01. The maximum Gasteiger partial charge on any atom is 0.0582 e. The van der Waals surface area contributed by atoms with E-state index in [-0.39, 0.29) is 12.6 Å². The average Bonchev–Trinajstić information content (AvgIpc) is 2.85. The SMILES string of the molecule is C[C@H](CO)NCc1ccn(Cc2ccccc2)c1. The quantitative estimate of drug-likeness (QED) is 0.815. The number of aliphatic hydroxyl groups excluding tert-OH is 1. The van der Waals surface area contributed by atoms with Gasteiger partial charge in [0, 0.05) is 31.5 Å². The minimum Gasteiger partial charge on any atom is -0.395 e. The molecule has 0 bridgehead atoms. The van der Waals surface area contributed by atoms with Crippen LogP contribution in [-0.4, -0.2) is 22.3 Å². The van der Waals surface area contributed by atoms with Crippen LogP contribution in [0, 0.1) is 0 Å². The molecule has 0 saturated heterocycles. The summed E-state index contributed by atoms with van der Waals surface area (Å²) in [5.41, 5.74) is 2.54. The second-order valence-electron chi connectivity index (χ2n) is 4.64. The molecule has 0 amide bonds. The Morgan fingerprint density at radius 2 is 1.94 bits per heavy atom. The molecular weight excluding hydrogens is 224 g/mol. The van der Waals surface area contributed by atoms with E-state index in [1.807, 2.05) is 13.0 Å². The lowest BCUT2D eigenvalue weighted by molar-refractivity contribution is 0.251. The average molecular weight is 244 g/mol. The van der Waals surface area contributed by atoms with Crippen LogP contribution in [0.5, 0.6) is 0 Å². The van der Waals surface area contributed by atoms with E-state index in [0.717, 1.165) is 13.1 Å². The van der Waals surface area contributed by atoms with Crippen LogP contribution < -0.4 is 5.32 Å². The summed E-state index contributed by atoms with van der Waals surface area (Å²) in [6.07, 6.45) is 4.23. The zero-order valence-corrected chi connectivity index (χ0v) is 10.7. The molecule has 2 aromatic rings. The van der Waals surface area contributed by atoms with Crippen LogP contribution in [-0.2, 0) is 13.1 Å². The van der Waals surface area contributed by atoms with Crippen molar-refractivity contribution < 1.29 is 5.11 Å². The van der Waals surface area contributed by atoms with E-state index in [9.17, 15) is 0 Å². The minimum atomic E-state index is 0.141. The fourth-order valence-electron chi connectivity index (χ4n) is 1.84. The first-order valence-electron chi connectivity index (χ1n) is 6.31. The van der Waals surface area contributed by atoms with Crippen molar-refractivity contribution in [3.05, 3.63) is 59.9 Å². The number of aromatic nitrogens is 1. The molecule has 0 fully saturated rings. The van der Waals surface area contributed by atoms with E-state index in [1.165, 1.54) is 11.1 Å². The molecule has 0 aliphatic rings. The first kappa shape index (κ1) is 12.9. The van der Waals surface area contributed by atoms with E-state index in [2.05, 4.69) is 52.6 Å². The van der Waals surface area contributed by atoms with Gasteiger partial charge in [-0.05, 0) is 24.1 Å². The fraction of sp³-hybridized carbons (Fsp3) is 0.333. The summed E-state index contributed by atoms with van der Waals surface area (Å²) in [5.74, 6) is 0. The zero-order valence-electron chi connectivity index (χ0n) is 10.7. The highest BCUT2D eigenvalue weighted by molar-refractivity contribution is 5.17. The van der Waals surface area contributed by atoms with Crippen molar-refractivity contribution in [1.82, 2.24) is 9.88 Å². The fourth-order valence-corrected chi connectivity index (χ4v) is 1.84. The van der Waals surface area contributed by atoms with Crippen molar-refractivity contribution >= 4 is 0 Å². The van der Waals surface area contributed by atoms with Crippen molar-refractivity contribution in [3.63, 3.8) is 0 Å². The van der Waals surface area contributed by atoms with Crippen molar-refractivity contribution in [2.75, 3.05) is 6.61 Å². The van der Waals surface area contributed by atoms with Crippen molar-refractivity contribution in [1.29, 1.82) is 0 Å². The van der Waals surface area contributed by atoms with Crippen LogP contribution in [0.3, 0.4) is 0 Å². The maximum atomic E-state index is 8.95. The maximum absolute atomic E-state index is 8.95. The number of rotatable bonds is 6. The molecule has 0 aliphatic heterocycles. The van der Waals surface area contributed by atoms with Gasteiger partial charge in [-0.25, -0.2) is 0 Å². The number of hydrogen-bond donors (Lipinski definition) is 2. The highest BCUT2D eigenvalue weighted by Gasteiger charge is 2.01. The summed E-state index contributed by atoms with van der Waals surface area (Å²) in [4.78, 5) is 0. The van der Waals surface area contributed by atoms with E-state index < -0.39 is 0 Å². The number of aliphatic hydroxyl groups is 1. The molecule has 1 aromatic carbocycles. The summed E-state index contributed by atoms with van der Waals surface area (Å²) < 4.78 is 2.18. The molecule has 1 atom stereocenters. The third kappa shape index (κ3) is 3.72. The Morgan fingerprint density at radius 3 is 2.67 bits per heavy atom. The van der Waals surface area contributed by atoms with Gasteiger partial charge in [-0.2, -0.15) is 0 Å². The molecule has 0 unspecified atom stereocenters. The normalized spacial score (nSPS) is 12.6. The Morgan fingerprint density at radius 1 is 1.17 bits per heavy atom. The van der Waals surface area contributed by atoms with Crippen LogP contribution >= 0.6 is 0 Å². The van der Waals surface area contributed by atoms with Gasteiger partial charge in [0.2, 0.25) is 0 Å². The lowest BCUT2D eigenvalue weighted by Gasteiger charge is -2.09. The van der Waals surface area contributed by atoms with Gasteiger partial charge < -0.3 is 15.0 Å². The van der Waals surface area contributed by atoms with E-state index in [0.29, 0.717) is 0 Å². The van der Waals surface area contributed by atoms with Crippen LogP contribution in [0.2, 0.25) is 0 Å². The lowest BCUT2D eigenvalue weighted by Crippen LogP contribution is -2.28. The molecule has 0 saturated carbocycles. The number of nitrogens with zero attached hydrogens (tertiary/aromatic N) is 1. The number of hydrogen-bond acceptors (Lipinski definition) is 2. The van der Waals surface area contributed by atoms with Crippen LogP contribution in [0.1, 0.15) is 18.1 Å². The smallest absolute Gasteiger partial charge is 0.0582 e. The lowest BCUT2D eigenvalue weighted by atomic mass is 10.2. The summed E-state index contributed by atoms with van der Waals surface area (Å²) >= 11 is 0. The van der Waals surface area contributed by atoms with Gasteiger partial charge in [0.1, 0.15) is 0 Å². The van der Waals surface area contributed by atoms with Crippen molar-refractivity contribution in [2.24, 2.45) is 0 Å².